The number of nitro groups is 2. The van der Waals surface area contributed by atoms with Gasteiger partial charge in [-0.1, -0.05) is 29.3 Å². The number of guanidine groups is 2. The Bertz CT molecular complexity index is 1100. The van der Waals surface area contributed by atoms with Crippen molar-refractivity contribution in [1.29, 1.82) is 0 Å². The first-order valence-corrected chi connectivity index (χ1v) is 11.5. The van der Waals surface area contributed by atoms with Crippen molar-refractivity contribution in [3.8, 4) is 0 Å². The molecule has 2 aliphatic rings. The minimum Gasteiger partial charge on any atom is -0.349 e. The van der Waals surface area contributed by atoms with Crippen molar-refractivity contribution < 1.29 is 14.8 Å². The number of pyridine rings is 1. The summed E-state index contributed by atoms with van der Waals surface area (Å²) in [6.07, 6.45) is 3.27. The van der Waals surface area contributed by atoms with Crippen molar-refractivity contribution in [2.24, 2.45) is 10.2 Å². The average molecular weight is 547 g/mol. The monoisotopic (exact) mass is 546 g/mol. The average Bonchev–Trinajstić information content (AvgIpc) is 3.40. The highest BCUT2D eigenvalue weighted by Gasteiger charge is 2.25. The second-order valence-corrected chi connectivity index (χ2v) is 9.16. The van der Waals surface area contributed by atoms with E-state index in [9.17, 15) is 20.2 Å². The highest BCUT2D eigenvalue weighted by Crippen LogP contribution is 2.20. The molecule has 0 bridgehead atoms. The summed E-state index contributed by atoms with van der Waals surface area (Å²) in [6.45, 7) is 2.77. The van der Waals surface area contributed by atoms with E-state index >= 15 is 0 Å². The molecule has 2 fully saturated rings. The number of rotatable bonds is 6. The van der Waals surface area contributed by atoms with Gasteiger partial charge in [-0.05, 0) is 11.6 Å². The second kappa shape index (κ2) is 12.4. The standard InChI is InChI=1S/C9H10ClN5O2.C8H10ClN5O3S/c10-8-2-1-7(5-12-8)6-14-4-3-11-9(14)13-15(16)17;1-12-4-17-5-13(8(12)11-14(15)16)3-6-2-10-7(9)18-6/h1-2,5H,3-4,6H2,(H,11,13);2H,3-5H2,1H3/b;11-8+. The van der Waals surface area contributed by atoms with Crippen LogP contribution in [0.1, 0.15) is 10.4 Å². The van der Waals surface area contributed by atoms with Crippen molar-refractivity contribution in [2.45, 2.75) is 13.1 Å². The van der Waals surface area contributed by atoms with Crippen LogP contribution < -0.4 is 5.32 Å². The zero-order valence-electron chi connectivity index (χ0n) is 18.3. The maximum atomic E-state index is 10.5. The maximum Gasteiger partial charge on any atom is 0.277 e. The Hall–Kier alpha value is -3.34. The lowest BCUT2D eigenvalue weighted by Crippen LogP contribution is -2.49. The minimum atomic E-state index is -0.718. The quantitative estimate of drug-likeness (QED) is 0.318. The Labute approximate surface area is 212 Å². The predicted molar refractivity (Wildman–Crippen MR) is 128 cm³/mol. The highest BCUT2D eigenvalue weighted by atomic mass is 35.5. The van der Waals surface area contributed by atoms with Gasteiger partial charge in [0.05, 0.1) is 6.54 Å². The summed E-state index contributed by atoms with van der Waals surface area (Å²) >= 11 is 12.7. The van der Waals surface area contributed by atoms with E-state index in [0.717, 1.165) is 10.4 Å². The molecule has 0 atom stereocenters. The van der Waals surface area contributed by atoms with E-state index < -0.39 is 10.1 Å². The van der Waals surface area contributed by atoms with E-state index in [1.807, 2.05) is 6.07 Å². The molecule has 0 spiro atoms. The van der Waals surface area contributed by atoms with Gasteiger partial charge in [-0.3, -0.25) is 0 Å². The van der Waals surface area contributed by atoms with Crippen molar-refractivity contribution >= 4 is 46.5 Å². The van der Waals surface area contributed by atoms with Crippen LogP contribution >= 0.6 is 34.5 Å². The lowest BCUT2D eigenvalue weighted by atomic mass is 10.3. The zero-order valence-corrected chi connectivity index (χ0v) is 20.6. The number of nitrogens with one attached hydrogen (secondary N) is 1. The van der Waals surface area contributed by atoms with Gasteiger partial charge < -0.3 is 24.8 Å². The van der Waals surface area contributed by atoms with Crippen LogP contribution in [0.25, 0.3) is 0 Å². The number of halogens is 2. The molecule has 2 aliphatic heterocycles. The third-order valence-electron chi connectivity index (χ3n) is 4.50. The van der Waals surface area contributed by atoms with E-state index in [0.29, 0.717) is 35.8 Å². The van der Waals surface area contributed by atoms with Gasteiger partial charge in [0.25, 0.3) is 11.9 Å². The van der Waals surface area contributed by atoms with Crippen LogP contribution in [-0.4, -0.2) is 80.3 Å². The lowest BCUT2D eigenvalue weighted by molar-refractivity contribution is -0.486. The van der Waals surface area contributed by atoms with Crippen molar-refractivity contribution in [2.75, 3.05) is 33.6 Å². The van der Waals surface area contributed by atoms with Gasteiger partial charge in [0.15, 0.2) is 14.5 Å². The Balaban J connectivity index is 0.000000196. The van der Waals surface area contributed by atoms with Gasteiger partial charge in [-0.25, -0.2) is 30.2 Å². The first-order valence-electron chi connectivity index (χ1n) is 9.90. The molecule has 35 heavy (non-hydrogen) atoms. The SMILES string of the molecule is CN1COCN(Cc2cnc(Cl)s2)/C1=N/[N+](=O)[O-].O=[N+]([O-])/N=C1\NCCN1Cc1ccc(Cl)nc1. The highest BCUT2D eigenvalue weighted by molar-refractivity contribution is 7.15. The summed E-state index contributed by atoms with van der Waals surface area (Å²) in [7, 11) is 1.67. The predicted octanol–water partition coefficient (Wildman–Crippen LogP) is 1.71. The van der Waals surface area contributed by atoms with Gasteiger partial charge >= 0.3 is 0 Å². The van der Waals surface area contributed by atoms with Crippen LogP contribution in [0.2, 0.25) is 9.62 Å². The number of hydrogen-bond acceptors (Lipinski definition) is 8. The number of hydrazone groups is 2. The largest absolute Gasteiger partial charge is 0.349 e. The molecule has 4 heterocycles. The van der Waals surface area contributed by atoms with Crippen LogP contribution in [-0.2, 0) is 17.8 Å². The molecule has 15 nitrogen and oxygen atoms in total. The minimum absolute atomic E-state index is 0.243. The second-order valence-electron chi connectivity index (χ2n) is 7.07. The molecular weight excluding hydrogens is 527 g/mol. The summed E-state index contributed by atoms with van der Waals surface area (Å²) in [4.78, 5) is 34.6. The zero-order chi connectivity index (χ0) is 25.4. The topological polar surface area (TPSA) is 168 Å². The summed E-state index contributed by atoms with van der Waals surface area (Å²) in [5.74, 6) is 0.542. The third kappa shape index (κ3) is 8.13. The Morgan fingerprint density at radius 2 is 1.89 bits per heavy atom. The van der Waals surface area contributed by atoms with Crippen LogP contribution in [0.3, 0.4) is 0 Å². The van der Waals surface area contributed by atoms with E-state index in [2.05, 4.69) is 25.5 Å². The summed E-state index contributed by atoms with van der Waals surface area (Å²) in [6, 6.07) is 3.52. The lowest BCUT2D eigenvalue weighted by Gasteiger charge is -2.34. The molecule has 0 saturated carbocycles. The Morgan fingerprint density at radius 1 is 1.11 bits per heavy atom. The molecule has 0 aliphatic carbocycles. The maximum absolute atomic E-state index is 10.5. The van der Waals surface area contributed by atoms with Crippen LogP contribution in [0.5, 0.6) is 0 Å². The van der Waals surface area contributed by atoms with Gasteiger partial charge in [-0.15, -0.1) is 11.3 Å². The first kappa shape index (κ1) is 26.3. The molecule has 188 valence electrons. The number of thiazole rings is 1. The molecular formula is C17H20Cl2N10O5S. The van der Waals surface area contributed by atoms with Crippen molar-refractivity contribution in [3.63, 3.8) is 0 Å². The number of aromatic nitrogens is 2. The molecule has 2 saturated heterocycles. The van der Waals surface area contributed by atoms with Crippen molar-refractivity contribution in [1.82, 2.24) is 30.0 Å². The molecule has 4 rings (SSSR count). The number of hydrogen-bond donors (Lipinski definition) is 1. The number of nitrogens with zero attached hydrogens (tertiary/aromatic N) is 9. The van der Waals surface area contributed by atoms with E-state index in [4.69, 9.17) is 27.9 Å². The number of ether oxygens (including phenoxy) is 1. The van der Waals surface area contributed by atoms with Crippen LogP contribution in [0.4, 0.5) is 0 Å². The molecule has 0 amide bonds. The fraction of sp³-hybridized carbons (Fsp3) is 0.412. The molecule has 0 aromatic carbocycles. The fourth-order valence-electron chi connectivity index (χ4n) is 3.09. The van der Waals surface area contributed by atoms with E-state index in [-0.39, 0.29) is 25.4 Å². The van der Waals surface area contributed by atoms with E-state index in [1.54, 1.807) is 40.2 Å². The third-order valence-corrected chi connectivity index (χ3v) is 5.83. The van der Waals surface area contributed by atoms with Gasteiger partial charge in [0, 0.05) is 44.0 Å². The molecule has 2 aromatic heterocycles. The van der Waals surface area contributed by atoms with Crippen LogP contribution in [0, 0.1) is 20.2 Å². The summed E-state index contributed by atoms with van der Waals surface area (Å²) in [5.41, 5.74) is 0.925. The fourth-order valence-corrected chi connectivity index (χ4v) is 4.19. The van der Waals surface area contributed by atoms with Crippen LogP contribution in [0.15, 0.2) is 34.7 Å². The molecule has 2 aromatic rings. The van der Waals surface area contributed by atoms with Gasteiger partial charge in [0.2, 0.25) is 0 Å². The first-order chi connectivity index (χ1) is 16.7. The Kier molecular flexibility index (Phi) is 9.30. The van der Waals surface area contributed by atoms with E-state index in [1.165, 1.54) is 11.3 Å². The van der Waals surface area contributed by atoms with Gasteiger partial charge in [0.1, 0.15) is 28.8 Å². The molecule has 0 radical (unpaired) electrons. The smallest absolute Gasteiger partial charge is 0.277 e. The normalized spacial score (nSPS) is 17.9. The molecule has 0 unspecified atom stereocenters. The van der Waals surface area contributed by atoms with Crippen molar-refractivity contribution in [3.05, 3.63) is 64.8 Å². The summed E-state index contributed by atoms with van der Waals surface area (Å²) < 4.78 is 5.72. The summed E-state index contributed by atoms with van der Waals surface area (Å²) in [5, 5.41) is 29.3. The Morgan fingerprint density at radius 3 is 2.51 bits per heavy atom. The molecule has 18 heteroatoms. The van der Waals surface area contributed by atoms with Gasteiger partial charge in [-0.2, -0.15) is 0 Å². The molecule has 1 N–H and O–H groups in total.